The summed E-state index contributed by atoms with van der Waals surface area (Å²) in [6.45, 7) is 22.5. The van der Waals surface area contributed by atoms with Gasteiger partial charge in [-0.1, -0.05) is 196 Å². The smallest absolute Gasteiger partial charge is 0.148 e. The third kappa shape index (κ3) is 28.6. The van der Waals surface area contributed by atoms with Gasteiger partial charge in [-0.3, -0.25) is 0 Å². The molecule has 104 heavy (non-hydrogen) atoms. The predicted octanol–water partition coefficient (Wildman–Crippen LogP) is 15.7. The minimum Gasteiger partial charge on any atom is -0.493 e. The Morgan fingerprint density at radius 2 is 0.635 bits per heavy atom. The summed E-state index contributed by atoms with van der Waals surface area (Å²) in [7, 11) is 0. The minimum absolute atomic E-state index is 0.0507. The van der Waals surface area contributed by atoms with Gasteiger partial charge in [0.15, 0.2) is 0 Å². The van der Waals surface area contributed by atoms with Gasteiger partial charge >= 0.3 is 0 Å². The molecular weight excluding hydrogens is 1380 g/mol. The highest BCUT2D eigenvalue weighted by molar-refractivity contribution is 6.18. The van der Waals surface area contributed by atoms with Crippen LogP contribution in [0.15, 0.2) is 194 Å². The van der Waals surface area contributed by atoms with Crippen LogP contribution in [0, 0.1) is 18.3 Å². The first-order valence-corrected chi connectivity index (χ1v) is 37.1. The number of para-hydroxylation sites is 4. The van der Waals surface area contributed by atoms with Crippen LogP contribution in [0.2, 0.25) is 0 Å². The lowest BCUT2D eigenvalue weighted by atomic mass is 9.77. The Morgan fingerprint density at radius 1 is 0.346 bits per heavy atom. The quantitative estimate of drug-likeness (QED) is 0.0142. The molecule has 7 atom stereocenters. The SMILES string of the molecule is C#CCOc1ccc(C(C)(C)c2ccc(OCC(O)CC)cc2)cc1.CC(CCl)COc1ccc(C(C)(C)c2ccccc2OCC(O)CO)cc1.CCC(O)COc1ccc(C(C)(C)c2ccccc2OCC(O)CCl)cc1.CCC(O)COc1ccccc1Cc1ccccc1OCC(O)CCl. The molecule has 0 heterocycles. The Morgan fingerprint density at radius 3 is 0.971 bits per heavy atom. The Labute approximate surface area is 632 Å². The third-order valence-corrected chi connectivity index (χ3v) is 18.7. The second-order valence-corrected chi connectivity index (χ2v) is 27.9. The molecule has 0 radical (unpaired) electrons. The van der Waals surface area contributed by atoms with Crippen LogP contribution in [0.1, 0.15) is 133 Å². The van der Waals surface area contributed by atoms with Gasteiger partial charge in [0, 0.05) is 45.6 Å². The van der Waals surface area contributed by atoms with Crippen molar-refractivity contribution in [2.45, 2.75) is 148 Å². The van der Waals surface area contributed by atoms with Gasteiger partial charge < -0.3 is 73.6 Å². The van der Waals surface area contributed by atoms with Gasteiger partial charge in [-0.05, 0) is 125 Å². The van der Waals surface area contributed by atoms with Gasteiger partial charge in [-0.25, -0.2) is 0 Å². The highest BCUT2D eigenvalue weighted by Crippen LogP contribution is 2.40. The zero-order chi connectivity index (χ0) is 76.1. The van der Waals surface area contributed by atoms with Gasteiger partial charge in [0.2, 0.25) is 0 Å². The standard InChI is InChI=1S/2C22H29ClO4.C22H26O3.C20H25ClO4/c1-16(12-23)14-26-19-10-8-17(9-11-19)22(2,3)20-6-4-5-7-21(20)27-15-18(25)13-24;1-4-17(24)14-26-19-11-9-16(10-12-19)22(2,3)20-7-5-6-8-21(20)27-15-18(25)13-23;1-5-15-24-20-11-7-17(8-12-20)22(3,4)18-9-13-21(14-10-18)25-16-19(23)6-2;1-2-17(22)13-24-19-9-5-3-7-15(19)11-16-8-4-6-10-20(16)25-14-18(23)12-21/h4-11,16,18,24-25H,12-15H2,1-3H3;5-12,17-18,24-25H,4,13-15H2,1-3H3;1,7-14,19,23H,6,15-16H2,2-4H3;3-10,17-18,22-23H,2,11-14H2,1H3. The molecule has 564 valence electrons. The fourth-order valence-corrected chi connectivity index (χ4v) is 10.7. The Kier molecular flexibility index (Phi) is 38.1. The average Bonchev–Trinajstić information content (AvgIpc) is 0.807. The lowest BCUT2D eigenvalue weighted by Crippen LogP contribution is -2.24. The summed E-state index contributed by atoms with van der Waals surface area (Å²) in [4.78, 5) is 0. The molecular formula is C86H109Cl3O15. The van der Waals surface area contributed by atoms with E-state index in [1.54, 1.807) is 0 Å². The van der Waals surface area contributed by atoms with Gasteiger partial charge in [0.05, 0.1) is 43.3 Å². The molecule has 0 aliphatic heterocycles. The number of benzene rings is 8. The van der Waals surface area contributed by atoms with Crippen molar-refractivity contribution in [2.24, 2.45) is 5.92 Å². The molecule has 7 N–H and O–H groups in total. The van der Waals surface area contributed by atoms with Crippen molar-refractivity contribution in [3.63, 3.8) is 0 Å². The third-order valence-electron chi connectivity index (χ3n) is 17.5. The second-order valence-electron chi connectivity index (χ2n) is 26.9. The van der Waals surface area contributed by atoms with Crippen molar-refractivity contribution in [1.82, 2.24) is 0 Å². The summed E-state index contributed by atoms with van der Waals surface area (Å²) >= 11 is 17.1. The molecule has 0 spiro atoms. The summed E-state index contributed by atoms with van der Waals surface area (Å²) in [6.07, 6.45) is 4.22. The zero-order valence-electron chi connectivity index (χ0n) is 61.9. The van der Waals surface area contributed by atoms with Gasteiger partial charge in [-0.15, -0.1) is 41.2 Å². The molecule has 0 aliphatic carbocycles. The largest absolute Gasteiger partial charge is 0.493 e. The number of alkyl halides is 3. The van der Waals surface area contributed by atoms with Crippen LogP contribution >= 0.6 is 34.8 Å². The zero-order valence-corrected chi connectivity index (χ0v) is 64.2. The molecule has 8 rings (SSSR count). The van der Waals surface area contributed by atoms with E-state index < -0.39 is 36.6 Å². The van der Waals surface area contributed by atoms with E-state index in [-0.39, 0.29) is 67.6 Å². The van der Waals surface area contributed by atoms with Crippen molar-refractivity contribution < 1.29 is 73.6 Å². The topological polar surface area (TPSA) is 215 Å². The number of hydrogen-bond acceptors (Lipinski definition) is 15. The van der Waals surface area contributed by atoms with Crippen LogP contribution < -0.4 is 37.9 Å². The minimum atomic E-state index is -0.895. The Balaban J connectivity index is 0.000000249. The van der Waals surface area contributed by atoms with Gasteiger partial charge in [0.25, 0.3) is 0 Å². The van der Waals surface area contributed by atoms with E-state index in [4.69, 9.17) is 84.2 Å². The monoisotopic (exact) mass is 1490 g/mol. The molecule has 0 aromatic heterocycles. The summed E-state index contributed by atoms with van der Waals surface area (Å²) in [5.74, 6) is 9.63. The first-order chi connectivity index (χ1) is 49.9. The van der Waals surface area contributed by atoms with Gasteiger partial charge in [0.1, 0.15) is 111 Å². The number of rotatable bonds is 38. The molecule has 0 amide bonds. The number of terminal acetylenes is 1. The molecule has 0 fully saturated rings. The van der Waals surface area contributed by atoms with Crippen LogP contribution in [0.4, 0.5) is 0 Å². The number of aliphatic hydroxyl groups is 7. The first kappa shape index (κ1) is 86.9. The van der Waals surface area contributed by atoms with E-state index in [0.717, 1.165) is 73.6 Å². The fraction of sp³-hybridized carbons (Fsp3) is 0.419. The van der Waals surface area contributed by atoms with E-state index in [1.165, 1.54) is 11.1 Å². The maximum absolute atomic E-state index is 9.71. The Bertz CT molecular complexity index is 3530. The number of halogens is 3. The van der Waals surface area contributed by atoms with Crippen LogP contribution in [0.5, 0.6) is 46.0 Å². The molecule has 15 nitrogen and oxygen atoms in total. The van der Waals surface area contributed by atoms with Crippen LogP contribution in [-0.2, 0) is 22.7 Å². The highest BCUT2D eigenvalue weighted by atomic mass is 35.5. The molecule has 0 saturated heterocycles. The number of hydrogen-bond donors (Lipinski definition) is 7. The van der Waals surface area contributed by atoms with Crippen LogP contribution in [-0.4, -0.2) is 149 Å². The summed E-state index contributed by atoms with van der Waals surface area (Å²) < 4.78 is 45.5. The lowest BCUT2D eigenvalue weighted by Gasteiger charge is -2.28. The molecule has 8 aromatic rings. The van der Waals surface area contributed by atoms with Crippen molar-refractivity contribution in [2.75, 3.05) is 77.1 Å². The van der Waals surface area contributed by atoms with E-state index in [0.29, 0.717) is 63.1 Å². The molecule has 0 saturated carbocycles. The molecule has 8 aromatic carbocycles. The second kappa shape index (κ2) is 45.6. The molecule has 0 bridgehead atoms. The predicted molar refractivity (Wildman–Crippen MR) is 419 cm³/mol. The van der Waals surface area contributed by atoms with Crippen LogP contribution in [0.3, 0.4) is 0 Å². The van der Waals surface area contributed by atoms with E-state index in [2.05, 4.69) is 90.8 Å². The molecule has 0 aliphatic rings. The Hall–Kier alpha value is -7.69. The summed E-state index contributed by atoms with van der Waals surface area (Å²) in [6, 6.07) is 63.0. The fourth-order valence-electron chi connectivity index (χ4n) is 10.4. The van der Waals surface area contributed by atoms with Crippen molar-refractivity contribution in [3.8, 4) is 58.3 Å². The maximum Gasteiger partial charge on any atom is 0.148 e. The van der Waals surface area contributed by atoms with E-state index >= 15 is 0 Å². The van der Waals surface area contributed by atoms with Crippen LogP contribution in [0.25, 0.3) is 0 Å². The van der Waals surface area contributed by atoms with Gasteiger partial charge in [-0.2, -0.15) is 0 Å². The molecule has 18 heteroatoms. The molecule has 7 unspecified atom stereocenters. The lowest BCUT2D eigenvalue weighted by molar-refractivity contribution is 0.0530. The normalized spacial score (nSPS) is 13.3. The first-order valence-electron chi connectivity index (χ1n) is 35.5. The maximum atomic E-state index is 9.71. The average molecular weight is 1490 g/mol. The number of aliphatic hydroxyl groups excluding tert-OH is 7. The van der Waals surface area contributed by atoms with Crippen molar-refractivity contribution in [3.05, 3.63) is 239 Å². The van der Waals surface area contributed by atoms with E-state index in [9.17, 15) is 30.6 Å². The van der Waals surface area contributed by atoms with E-state index in [1.807, 2.05) is 178 Å². The number of ether oxygens (including phenoxy) is 8. The van der Waals surface area contributed by atoms with Crippen molar-refractivity contribution >= 4 is 34.8 Å². The highest BCUT2D eigenvalue weighted by Gasteiger charge is 2.29. The summed E-state index contributed by atoms with van der Waals surface area (Å²) in [5, 5.41) is 66.7. The summed E-state index contributed by atoms with van der Waals surface area (Å²) in [5.41, 5.74) is 7.92. The van der Waals surface area contributed by atoms with Crippen molar-refractivity contribution in [1.29, 1.82) is 0 Å².